The predicted octanol–water partition coefficient (Wildman–Crippen LogP) is 6.16. The molecule has 1 saturated carbocycles. The van der Waals surface area contributed by atoms with Gasteiger partial charge in [0.1, 0.15) is 11.3 Å². The summed E-state index contributed by atoms with van der Waals surface area (Å²) in [5.74, 6) is 0.739. The standard InChI is InChI=1S/C31H33N3O3/c1-2-37-30(35)18-22-8-10-24(11-9-22)25-12-14-26(15-13-25)27-16-17-29-33-28(21-34(29)20-27)31(36)32-19-23-6-4-3-5-7-23/h3-7,12-17,20-22,24H,2,8-11,18-19H2,1H3,(H,32,36). The van der Waals surface area contributed by atoms with Gasteiger partial charge in [-0.2, -0.15) is 0 Å². The van der Waals surface area contributed by atoms with Crippen LogP contribution in [0.1, 0.15) is 66.6 Å². The van der Waals surface area contributed by atoms with Crippen molar-refractivity contribution in [1.29, 1.82) is 0 Å². The Hall–Kier alpha value is -3.93. The summed E-state index contributed by atoms with van der Waals surface area (Å²) in [6.45, 7) is 2.79. The molecule has 0 unspecified atom stereocenters. The minimum atomic E-state index is -0.185. The zero-order chi connectivity index (χ0) is 25.6. The minimum absolute atomic E-state index is 0.0647. The molecule has 2 aromatic heterocycles. The fourth-order valence-electron chi connectivity index (χ4n) is 5.24. The Kier molecular flexibility index (Phi) is 7.64. The number of nitrogens with zero attached hydrogens (tertiary/aromatic N) is 2. The zero-order valence-electron chi connectivity index (χ0n) is 21.2. The molecule has 5 rings (SSSR count). The highest BCUT2D eigenvalue weighted by atomic mass is 16.5. The van der Waals surface area contributed by atoms with Gasteiger partial charge in [0.2, 0.25) is 0 Å². The van der Waals surface area contributed by atoms with Gasteiger partial charge in [-0.25, -0.2) is 4.98 Å². The number of hydrogen-bond acceptors (Lipinski definition) is 4. The van der Waals surface area contributed by atoms with Gasteiger partial charge in [0.05, 0.1) is 6.61 Å². The predicted molar refractivity (Wildman–Crippen MR) is 144 cm³/mol. The Morgan fingerprint density at radius 2 is 1.65 bits per heavy atom. The first-order valence-corrected chi connectivity index (χ1v) is 13.2. The van der Waals surface area contributed by atoms with Gasteiger partial charge >= 0.3 is 5.97 Å². The molecule has 1 aliphatic carbocycles. The number of esters is 1. The number of benzene rings is 2. The van der Waals surface area contributed by atoms with E-state index in [9.17, 15) is 9.59 Å². The number of pyridine rings is 1. The molecule has 190 valence electrons. The summed E-state index contributed by atoms with van der Waals surface area (Å²) in [4.78, 5) is 28.9. The lowest BCUT2D eigenvalue weighted by atomic mass is 9.77. The molecular formula is C31H33N3O3. The molecule has 1 fully saturated rings. The summed E-state index contributed by atoms with van der Waals surface area (Å²) in [6.07, 6.45) is 8.72. The van der Waals surface area contributed by atoms with Crippen molar-refractivity contribution in [2.24, 2.45) is 5.92 Å². The fraction of sp³-hybridized carbons (Fsp3) is 0.323. The van der Waals surface area contributed by atoms with Crippen LogP contribution in [-0.2, 0) is 16.1 Å². The molecule has 37 heavy (non-hydrogen) atoms. The summed E-state index contributed by atoms with van der Waals surface area (Å²) in [6, 6.07) is 22.6. The average Bonchev–Trinajstić information content (AvgIpc) is 3.37. The number of ether oxygens (including phenoxy) is 1. The van der Waals surface area contributed by atoms with Crippen LogP contribution < -0.4 is 5.32 Å². The number of rotatable bonds is 8. The third-order valence-electron chi connectivity index (χ3n) is 7.30. The van der Waals surface area contributed by atoms with E-state index in [1.54, 1.807) is 6.20 Å². The number of nitrogens with one attached hydrogen (secondary N) is 1. The highest BCUT2D eigenvalue weighted by molar-refractivity contribution is 5.92. The highest BCUT2D eigenvalue weighted by Crippen LogP contribution is 2.37. The fourth-order valence-corrected chi connectivity index (χ4v) is 5.24. The molecule has 0 atom stereocenters. The molecule has 0 radical (unpaired) electrons. The van der Waals surface area contributed by atoms with Crippen molar-refractivity contribution in [2.45, 2.75) is 51.5 Å². The van der Waals surface area contributed by atoms with Gasteiger partial charge in [-0.3, -0.25) is 9.59 Å². The van der Waals surface area contributed by atoms with Crippen LogP contribution in [0.15, 0.2) is 79.1 Å². The summed E-state index contributed by atoms with van der Waals surface area (Å²) in [5, 5.41) is 2.94. The highest BCUT2D eigenvalue weighted by Gasteiger charge is 2.24. The van der Waals surface area contributed by atoms with Gasteiger partial charge in [-0.15, -0.1) is 0 Å². The Bertz CT molecular complexity index is 1350. The van der Waals surface area contributed by atoms with Gasteiger partial charge in [0, 0.05) is 25.4 Å². The van der Waals surface area contributed by atoms with E-state index in [0.717, 1.165) is 48.0 Å². The lowest BCUT2D eigenvalue weighted by Crippen LogP contribution is -2.23. The van der Waals surface area contributed by atoms with E-state index < -0.39 is 0 Å². The van der Waals surface area contributed by atoms with Gasteiger partial charge in [-0.1, -0.05) is 54.6 Å². The zero-order valence-corrected chi connectivity index (χ0v) is 21.2. The smallest absolute Gasteiger partial charge is 0.306 e. The van der Waals surface area contributed by atoms with E-state index in [1.807, 2.05) is 60.0 Å². The molecule has 0 saturated heterocycles. The van der Waals surface area contributed by atoms with Crippen molar-refractivity contribution in [3.63, 3.8) is 0 Å². The number of imidazole rings is 1. The van der Waals surface area contributed by atoms with E-state index in [2.05, 4.69) is 34.6 Å². The Morgan fingerprint density at radius 1 is 0.919 bits per heavy atom. The normalized spacial score (nSPS) is 17.4. The third kappa shape index (κ3) is 6.08. The van der Waals surface area contributed by atoms with Crippen LogP contribution >= 0.6 is 0 Å². The number of fused-ring (bicyclic) bond motifs is 1. The molecule has 4 aromatic rings. The second-order valence-electron chi connectivity index (χ2n) is 9.83. The van der Waals surface area contributed by atoms with Crippen LogP contribution in [0.25, 0.3) is 16.8 Å². The molecule has 6 heteroatoms. The van der Waals surface area contributed by atoms with E-state index in [-0.39, 0.29) is 11.9 Å². The molecule has 2 aromatic carbocycles. The second-order valence-corrected chi connectivity index (χ2v) is 9.83. The average molecular weight is 496 g/mol. The van der Waals surface area contributed by atoms with Crippen molar-refractivity contribution in [1.82, 2.24) is 14.7 Å². The second kappa shape index (κ2) is 11.4. The molecule has 0 bridgehead atoms. The van der Waals surface area contributed by atoms with Gasteiger partial charge in [-0.05, 0) is 78.8 Å². The van der Waals surface area contributed by atoms with Crippen LogP contribution in [0, 0.1) is 5.92 Å². The number of aromatic nitrogens is 2. The first kappa shape index (κ1) is 24.8. The Morgan fingerprint density at radius 3 is 2.38 bits per heavy atom. The van der Waals surface area contributed by atoms with Crippen molar-refractivity contribution >= 4 is 17.5 Å². The van der Waals surface area contributed by atoms with Crippen LogP contribution in [0.3, 0.4) is 0 Å². The van der Waals surface area contributed by atoms with Crippen LogP contribution in [0.5, 0.6) is 0 Å². The SMILES string of the molecule is CCOC(=O)CC1CCC(c2ccc(-c3ccc4nc(C(=O)NCc5ccccc5)cn4c3)cc2)CC1. The summed E-state index contributed by atoms with van der Waals surface area (Å²) >= 11 is 0. The molecule has 1 aliphatic rings. The molecule has 0 spiro atoms. The molecular weight excluding hydrogens is 462 g/mol. The topological polar surface area (TPSA) is 72.7 Å². The third-order valence-corrected chi connectivity index (χ3v) is 7.30. The van der Waals surface area contributed by atoms with Gasteiger partial charge in [0.15, 0.2) is 0 Å². The first-order chi connectivity index (χ1) is 18.1. The number of carbonyl (C=O) groups excluding carboxylic acids is 2. The van der Waals surface area contributed by atoms with Crippen molar-refractivity contribution in [3.05, 3.63) is 95.9 Å². The van der Waals surface area contributed by atoms with Gasteiger partial charge in [0.25, 0.3) is 5.91 Å². The first-order valence-electron chi connectivity index (χ1n) is 13.2. The molecule has 0 aliphatic heterocycles. The Balaban J connectivity index is 1.21. The maximum absolute atomic E-state index is 12.6. The number of carbonyl (C=O) groups is 2. The van der Waals surface area contributed by atoms with E-state index in [4.69, 9.17) is 4.74 Å². The minimum Gasteiger partial charge on any atom is -0.466 e. The molecule has 6 nitrogen and oxygen atoms in total. The number of hydrogen-bond donors (Lipinski definition) is 1. The summed E-state index contributed by atoms with van der Waals surface area (Å²) in [7, 11) is 0. The summed E-state index contributed by atoms with van der Waals surface area (Å²) in [5.41, 5.74) is 5.76. The maximum Gasteiger partial charge on any atom is 0.306 e. The van der Waals surface area contributed by atoms with E-state index in [1.165, 1.54) is 5.56 Å². The van der Waals surface area contributed by atoms with Gasteiger partial charge < -0.3 is 14.5 Å². The molecule has 1 amide bonds. The van der Waals surface area contributed by atoms with Crippen molar-refractivity contribution in [2.75, 3.05) is 6.61 Å². The molecule has 2 heterocycles. The largest absolute Gasteiger partial charge is 0.466 e. The molecule has 1 N–H and O–H groups in total. The van der Waals surface area contributed by atoms with E-state index >= 15 is 0 Å². The van der Waals surface area contributed by atoms with Crippen molar-refractivity contribution < 1.29 is 14.3 Å². The monoisotopic (exact) mass is 495 g/mol. The maximum atomic E-state index is 12.6. The lowest BCUT2D eigenvalue weighted by molar-refractivity contribution is -0.144. The van der Waals surface area contributed by atoms with Crippen molar-refractivity contribution in [3.8, 4) is 11.1 Å². The quantitative estimate of drug-likeness (QED) is 0.297. The van der Waals surface area contributed by atoms with Crippen LogP contribution in [-0.4, -0.2) is 27.9 Å². The summed E-state index contributed by atoms with van der Waals surface area (Å²) < 4.78 is 7.02. The number of amides is 1. The lowest BCUT2D eigenvalue weighted by Gasteiger charge is -2.28. The van der Waals surface area contributed by atoms with Crippen LogP contribution in [0.4, 0.5) is 0 Å². The van der Waals surface area contributed by atoms with Crippen LogP contribution in [0.2, 0.25) is 0 Å². The Labute approximate surface area is 217 Å². The van der Waals surface area contributed by atoms with E-state index in [0.29, 0.717) is 37.1 Å².